The van der Waals surface area contributed by atoms with Gasteiger partial charge < -0.3 is 5.11 Å². The first-order valence-corrected chi connectivity index (χ1v) is 4.71. The maximum atomic E-state index is 9.85. The average molecular weight is 203 g/mol. The van der Waals surface area contributed by atoms with Gasteiger partial charge in [-0.05, 0) is 27.7 Å². The lowest BCUT2D eigenvalue weighted by molar-refractivity contribution is 0.0686. The van der Waals surface area contributed by atoms with Crippen molar-refractivity contribution in [3.8, 4) is 0 Å². The van der Waals surface area contributed by atoms with E-state index in [1.165, 1.54) is 0 Å². The van der Waals surface area contributed by atoms with Crippen LogP contribution in [0.1, 0.15) is 32.2 Å². The monoisotopic (exact) mass is 202 g/mol. The molecule has 74 valence electrons. The molecule has 0 amide bonds. The first kappa shape index (κ1) is 10.5. The van der Waals surface area contributed by atoms with Crippen molar-refractivity contribution in [3.05, 3.63) is 16.4 Å². The van der Waals surface area contributed by atoms with Gasteiger partial charge in [0.15, 0.2) is 0 Å². The molecule has 0 radical (unpaired) electrons. The predicted molar refractivity (Wildman–Crippen MR) is 52.9 cm³/mol. The standard InChI is InChI=1S/C9H15ClN2O/c1-5-12-8(9(3,4)13)7(10)6(2)11-12/h13H,5H2,1-4H3. The van der Waals surface area contributed by atoms with Crippen molar-refractivity contribution in [2.24, 2.45) is 0 Å². The summed E-state index contributed by atoms with van der Waals surface area (Å²) in [6, 6.07) is 0. The molecule has 0 atom stereocenters. The topological polar surface area (TPSA) is 38.0 Å². The van der Waals surface area contributed by atoms with Crippen LogP contribution in [0.25, 0.3) is 0 Å². The number of hydrogen-bond donors (Lipinski definition) is 1. The Morgan fingerprint density at radius 2 is 2.08 bits per heavy atom. The Balaban J connectivity index is 3.33. The van der Waals surface area contributed by atoms with Gasteiger partial charge in [0.25, 0.3) is 0 Å². The summed E-state index contributed by atoms with van der Waals surface area (Å²) in [4.78, 5) is 0. The van der Waals surface area contributed by atoms with Gasteiger partial charge in [0, 0.05) is 6.54 Å². The van der Waals surface area contributed by atoms with Gasteiger partial charge in [-0.15, -0.1) is 0 Å². The van der Waals surface area contributed by atoms with E-state index in [0.29, 0.717) is 17.3 Å². The molecule has 0 aromatic carbocycles. The zero-order chi connectivity index (χ0) is 10.2. The van der Waals surface area contributed by atoms with Crippen molar-refractivity contribution < 1.29 is 5.11 Å². The van der Waals surface area contributed by atoms with Gasteiger partial charge in [-0.1, -0.05) is 11.6 Å². The fourth-order valence-corrected chi connectivity index (χ4v) is 1.74. The van der Waals surface area contributed by atoms with Crippen molar-refractivity contribution >= 4 is 11.6 Å². The number of rotatable bonds is 2. The Morgan fingerprint density at radius 3 is 2.38 bits per heavy atom. The van der Waals surface area contributed by atoms with Gasteiger partial charge in [-0.2, -0.15) is 5.10 Å². The molecular formula is C9H15ClN2O. The number of halogens is 1. The molecule has 3 nitrogen and oxygen atoms in total. The smallest absolute Gasteiger partial charge is 0.102 e. The van der Waals surface area contributed by atoms with Crippen molar-refractivity contribution in [1.29, 1.82) is 0 Å². The van der Waals surface area contributed by atoms with E-state index in [2.05, 4.69) is 5.10 Å². The third-order valence-corrected chi connectivity index (χ3v) is 2.39. The molecule has 0 aliphatic heterocycles. The highest BCUT2D eigenvalue weighted by atomic mass is 35.5. The Kier molecular flexibility index (Phi) is 2.68. The van der Waals surface area contributed by atoms with Crippen LogP contribution in [0.2, 0.25) is 5.02 Å². The molecule has 1 N–H and O–H groups in total. The van der Waals surface area contributed by atoms with Gasteiger partial charge in [0.2, 0.25) is 0 Å². The fourth-order valence-electron chi connectivity index (χ4n) is 1.37. The van der Waals surface area contributed by atoms with Crippen LogP contribution in [-0.2, 0) is 12.1 Å². The summed E-state index contributed by atoms with van der Waals surface area (Å²) >= 11 is 6.03. The summed E-state index contributed by atoms with van der Waals surface area (Å²) in [5, 5.41) is 14.6. The fraction of sp³-hybridized carbons (Fsp3) is 0.667. The van der Waals surface area contributed by atoms with Gasteiger partial charge in [0.05, 0.1) is 16.4 Å². The average Bonchev–Trinajstić information content (AvgIpc) is 2.26. The molecule has 0 saturated heterocycles. The maximum Gasteiger partial charge on any atom is 0.102 e. The van der Waals surface area contributed by atoms with Crippen LogP contribution in [0, 0.1) is 6.92 Å². The Labute approximate surface area is 83.3 Å². The lowest BCUT2D eigenvalue weighted by atomic mass is 10.1. The van der Waals surface area contributed by atoms with E-state index < -0.39 is 5.60 Å². The first-order valence-electron chi connectivity index (χ1n) is 4.33. The van der Waals surface area contributed by atoms with E-state index in [9.17, 15) is 5.11 Å². The summed E-state index contributed by atoms with van der Waals surface area (Å²) in [5.41, 5.74) is 0.517. The second-order valence-corrected chi connectivity index (χ2v) is 4.00. The van der Waals surface area contributed by atoms with Crippen LogP contribution in [-0.4, -0.2) is 14.9 Å². The molecule has 1 rings (SSSR count). The van der Waals surface area contributed by atoms with Crippen LogP contribution >= 0.6 is 11.6 Å². The minimum atomic E-state index is -0.936. The second kappa shape index (κ2) is 3.31. The van der Waals surface area contributed by atoms with Gasteiger partial charge >= 0.3 is 0 Å². The number of hydrogen-bond acceptors (Lipinski definition) is 2. The molecule has 1 heterocycles. The minimum Gasteiger partial charge on any atom is -0.384 e. The van der Waals surface area contributed by atoms with Crippen LogP contribution < -0.4 is 0 Å². The normalized spacial score (nSPS) is 12.2. The van der Waals surface area contributed by atoms with Crippen LogP contribution in [0.5, 0.6) is 0 Å². The van der Waals surface area contributed by atoms with Crippen LogP contribution in [0.15, 0.2) is 0 Å². The van der Waals surface area contributed by atoms with E-state index >= 15 is 0 Å². The molecule has 1 aromatic heterocycles. The van der Waals surface area contributed by atoms with E-state index in [1.807, 2.05) is 13.8 Å². The molecule has 13 heavy (non-hydrogen) atoms. The predicted octanol–water partition coefficient (Wildman–Crippen LogP) is 2.09. The van der Waals surface area contributed by atoms with Crippen molar-refractivity contribution in [3.63, 3.8) is 0 Å². The largest absolute Gasteiger partial charge is 0.384 e. The Morgan fingerprint density at radius 1 is 1.54 bits per heavy atom. The quantitative estimate of drug-likeness (QED) is 0.798. The summed E-state index contributed by atoms with van der Waals surface area (Å²) < 4.78 is 1.73. The van der Waals surface area contributed by atoms with Crippen molar-refractivity contribution in [2.45, 2.75) is 39.8 Å². The van der Waals surface area contributed by atoms with Crippen molar-refractivity contribution in [2.75, 3.05) is 0 Å². The van der Waals surface area contributed by atoms with E-state index in [-0.39, 0.29) is 0 Å². The third-order valence-electron chi connectivity index (χ3n) is 1.93. The van der Waals surface area contributed by atoms with Gasteiger partial charge in [-0.3, -0.25) is 4.68 Å². The summed E-state index contributed by atoms with van der Waals surface area (Å²) in [5.74, 6) is 0. The van der Waals surface area contributed by atoms with Gasteiger partial charge in [0.1, 0.15) is 5.60 Å². The molecule has 0 aliphatic carbocycles. The molecule has 4 heteroatoms. The zero-order valence-electron chi connectivity index (χ0n) is 8.43. The highest BCUT2D eigenvalue weighted by Gasteiger charge is 2.26. The highest BCUT2D eigenvalue weighted by molar-refractivity contribution is 6.32. The highest BCUT2D eigenvalue weighted by Crippen LogP contribution is 2.29. The lowest BCUT2D eigenvalue weighted by Gasteiger charge is -2.19. The first-order chi connectivity index (χ1) is 5.88. The maximum absolute atomic E-state index is 9.85. The molecule has 0 saturated carbocycles. The van der Waals surface area contributed by atoms with Crippen LogP contribution in [0.4, 0.5) is 0 Å². The Hall–Kier alpha value is -0.540. The molecular weight excluding hydrogens is 188 g/mol. The Bertz CT molecular complexity index is 312. The zero-order valence-corrected chi connectivity index (χ0v) is 9.18. The molecule has 1 aromatic rings. The number of aromatic nitrogens is 2. The summed E-state index contributed by atoms with van der Waals surface area (Å²) in [6.07, 6.45) is 0. The second-order valence-electron chi connectivity index (χ2n) is 3.62. The van der Waals surface area contributed by atoms with Crippen LogP contribution in [0.3, 0.4) is 0 Å². The van der Waals surface area contributed by atoms with E-state index in [1.54, 1.807) is 18.5 Å². The lowest BCUT2D eigenvalue weighted by Crippen LogP contribution is -2.21. The SMILES string of the molecule is CCn1nc(C)c(Cl)c1C(C)(C)O. The summed E-state index contributed by atoms with van der Waals surface area (Å²) in [7, 11) is 0. The molecule has 0 aliphatic rings. The summed E-state index contributed by atoms with van der Waals surface area (Å²) in [6.45, 7) is 7.94. The molecule has 0 spiro atoms. The minimum absolute atomic E-state index is 0.564. The van der Waals surface area contributed by atoms with E-state index in [0.717, 1.165) is 5.69 Å². The third kappa shape index (κ3) is 1.86. The van der Waals surface area contributed by atoms with Gasteiger partial charge in [-0.25, -0.2) is 0 Å². The molecule has 0 unspecified atom stereocenters. The van der Waals surface area contributed by atoms with Crippen molar-refractivity contribution in [1.82, 2.24) is 9.78 Å². The molecule has 0 bridgehead atoms. The molecule has 0 fully saturated rings. The number of aliphatic hydroxyl groups is 1. The van der Waals surface area contributed by atoms with E-state index in [4.69, 9.17) is 11.6 Å². The number of aryl methyl sites for hydroxylation is 2. The number of nitrogens with zero attached hydrogens (tertiary/aromatic N) is 2.